The smallest absolute Gasteiger partial charge is 0.335 e. The van der Waals surface area contributed by atoms with Gasteiger partial charge in [0.05, 0.1) is 17.3 Å². The van der Waals surface area contributed by atoms with Crippen LogP contribution in [0.25, 0.3) is 6.08 Å². The van der Waals surface area contributed by atoms with Crippen LogP contribution in [0.2, 0.25) is 5.02 Å². The maximum atomic E-state index is 13.5. The van der Waals surface area contributed by atoms with Crippen molar-refractivity contribution < 1.29 is 28.2 Å². The number of carbonyl (C=O) groups is 3. The van der Waals surface area contributed by atoms with Crippen LogP contribution < -0.4 is 19.7 Å². The SMILES string of the molecule is CCOc1cc(/C=C2\C(=O)NC(=O)N(c3cc(C)ccc3C)C2=O)cc(Cl)c1OCc1cccc(F)c1. The highest BCUT2D eigenvalue weighted by Crippen LogP contribution is 2.38. The minimum atomic E-state index is -0.824. The van der Waals surface area contributed by atoms with E-state index >= 15 is 0 Å². The molecule has 1 aliphatic rings. The monoisotopic (exact) mass is 522 g/mol. The molecule has 190 valence electrons. The van der Waals surface area contributed by atoms with Crippen molar-refractivity contribution in [1.82, 2.24) is 5.32 Å². The number of carbonyl (C=O) groups excluding carboxylic acids is 3. The molecule has 4 amide bonds. The molecule has 9 heteroatoms. The Labute approximate surface area is 218 Å². The van der Waals surface area contributed by atoms with Gasteiger partial charge in [0.2, 0.25) is 0 Å². The third-order valence-electron chi connectivity index (χ3n) is 5.62. The first kappa shape index (κ1) is 25.9. The number of nitrogens with zero attached hydrogens (tertiary/aromatic N) is 1. The number of rotatable bonds is 7. The van der Waals surface area contributed by atoms with Crippen LogP contribution in [0.3, 0.4) is 0 Å². The number of aryl methyl sites for hydroxylation is 2. The summed E-state index contributed by atoms with van der Waals surface area (Å²) < 4.78 is 25.0. The summed E-state index contributed by atoms with van der Waals surface area (Å²) in [5.41, 5.74) is 2.68. The maximum Gasteiger partial charge on any atom is 0.335 e. The first-order valence-corrected chi connectivity index (χ1v) is 11.9. The van der Waals surface area contributed by atoms with Crippen molar-refractivity contribution in [2.24, 2.45) is 0 Å². The number of amides is 4. The lowest BCUT2D eigenvalue weighted by Gasteiger charge is -2.28. The van der Waals surface area contributed by atoms with Crippen LogP contribution in [-0.2, 0) is 16.2 Å². The molecule has 37 heavy (non-hydrogen) atoms. The molecule has 4 rings (SSSR count). The first-order valence-electron chi connectivity index (χ1n) is 11.5. The zero-order chi connectivity index (χ0) is 26.7. The predicted molar refractivity (Wildman–Crippen MR) is 138 cm³/mol. The topological polar surface area (TPSA) is 84.9 Å². The van der Waals surface area contributed by atoms with E-state index in [4.69, 9.17) is 21.1 Å². The second-order valence-electron chi connectivity index (χ2n) is 8.43. The minimum Gasteiger partial charge on any atom is -0.490 e. The summed E-state index contributed by atoms with van der Waals surface area (Å²) in [5, 5.41) is 2.39. The van der Waals surface area contributed by atoms with Crippen LogP contribution in [0.1, 0.15) is 29.2 Å². The van der Waals surface area contributed by atoms with Crippen molar-refractivity contribution in [3.63, 3.8) is 0 Å². The van der Waals surface area contributed by atoms with Gasteiger partial charge in [-0.05, 0) is 79.4 Å². The lowest BCUT2D eigenvalue weighted by molar-refractivity contribution is -0.122. The van der Waals surface area contributed by atoms with Crippen molar-refractivity contribution in [1.29, 1.82) is 0 Å². The Bertz CT molecular complexity index is 1440. The lowest BCUT2D eigenvalue weighted by Crippen LogP contribution is -2.54. The van der Waals surface area contributed by atoms with Crippen molar-refractivity contribution in [2.75, 3.05) is 11.5 Å². The van der Waals surface area contributed by atoms with E-state index in [2.05, 4.69) is 5.32 Å². The Morgan fingerprint density at radius 1 is 1.03 bits per heavy atom. The molecular formula is C28H24ClFN2O5. The maximum absolute atomic E-state index is 13.5. The van der Waals surface area contributed by atoms with Crippen LogP contribution in [0, 0.1) is 19.7 Å². The molecule has 1 saturated heterocycles. The van der Waals surface area contributed by atoms with E-state index < -0.39 is 17.8 Å². The van der Waals surface area contributed by atoms with Gasteiger partial charge in [0.1, 0.15) is 18.0 Å². The van der Waals surface area contributed by atoms with E-state index in [0.717, 1.165) is 10.5 Å². The number of anilines is 1. The van der Waals surface area contributed by atoms with Gasteiger partial charge in [0.15, 0.2) is 11.5 Å². The quantitative estimate of drug-likeness (QED) is 0.316. The van der Waals surface area contributed by atoms with Gasteiger partial charge in [0.25, 0.3) is 11.8 Å². The molecule has 3 aromatic carbocycles. The van der Waals surface area contributed by atoms with Crippen LogP contribution in [0.4, 0.5) is 14.9 Å². The highest BCUT2D eigenvalue weighted by Gasteiger charge is 2.37. The molecule has 1 aliphatic heterocycles. The summed E-state index contributed by atoms with van der Waals surface area (Å²) >= 11 is 6.49. The lowest BCUT2D eigenvalue weighted by atomic mass is 10.0. The number of halogens is 2. The van der Waals surface area contributed by atoms with Crippen LogP contribution in [0.5, 0.6) is 11.5 Å². The highest BCUT2D eigenvalue weighted by molar-refractivity contribution is 6.39. The zero-order valence-electron chi connectivity index (χ0n) is 20.4. The molecule has 3 aromatic rings. The second kappa shape index (κ2) is 10.8. The zero-order valence-corrected chi connectivity index (χ0v) is 21.2. The minimum absolute atomic E-state index is 0.0474. The molecule has 0 aliphatic carbocycles. The fourth-order valence-corrected chi connectivity index (χ4v) is 4.13. The van der Waals surface area contributed by atoms with Gasteiger partial charge < -0.3 is 9.47 Å². The van der Waals surface area contributed by atoms with E-state index in [1.807, 2.05) is 13.0 Å². The first-order chi connectivity index (χ1) is 17.7. The fraction of sp³-hybridized carbons (Fsp3) is 0.179. The molecule has 0 saturated carbocycles. The number of benzene rings is 3. The molecular weight excluding hydrogens is 499 g/mol. The van der Waals surface area contributed by atoms with Gasteiger partial charge in [-0.3, -0.25) is 14.9 Å². The molecule has 7 nitrogen and oxygen atoms in total. The number of barbiturate groups is 1. The van der Waals surface area contributed by atoms with Gasteiger partial charge >= 0.3 is 6.03 Å². The van der Waals surface area contributed by atoms with Crippen molar-refractivity contribution >= 4 is 41.2 Å². The van der Waals surface area contributed by atoms with E-state index in [-0.39, 0.29) is 34.5 Å². The van der Waals surface area contributed by atoms with Gasteiger partial charge in [-0.2, -0.15) is 0 Å². The normalized spacial score (nSPS) is 14.7. The van der Waals surface area contributed by atoms with Gasteiger partial charge in [-0.15, -0.1) is 0 Å². The number of ether oxygens (including phenoxy) is 2. The number of hydrogen-bond donors (Lipinski definition) is 1. The molecule has 0 atom stereocenters. The average molecular weight is 523 g/mol. The molecule has 1 fully saturated rings. The van der Waals surface area contributed by atoms with Gasteiger partial charge in [-0.25, -0.2) is 14.1 Å². The van der Waals surface area contributed by atoms with Crippen LogP contribution in [0.15, 0.2) is 60.2 Å². The molecule has 0 unspecified atom stereocenters. The van der Waals surface area contributed by atoms with Crippen LogP contribution in [-0.4, -0.2) is 24.5 Å². The van der Waals surface area contributed by atoms with Crippen molar-refractivity contribution in [3.05, 3.63) is 93.3 Å². The average Bonchev–Trinajstić information content (AvgIpc) is 2.83. The Balaban J connectivity index is 1.68. The molecule has 0 aromatic heterocycles. The Morgan fingerprint density at radius 3 is 2.54 bits per heavy atom. The third kappa shape index (κ3) is 5.65. The number of imide groups is 2. The van der Waals surface area contributed by atoms with E-state index in [0.29, 0.717) is 29.0 Å². The number of hydrogen-bond acceptors (Lipinski definition) is 5. The van der Waals surface area contributed by atoms with E-state index in [1.165, 1.54) is 24.3 Å². The van der Waals surface area contributed by atoms with Gasteiger partial charge in [0, 0.05) is 0 Å². The third-order valence-corrected chi connectivity index (χ3v) is 5.90. The van der Waals surface area contributed by atoms with Crippen molar-refractivity contribution in [3.8, 4) is 11.5 Å². The summed E-state index contributed by atoms with van der Waals surface area (Å²) in [6, 6.07) is 13.6. The molecule has 1 N–H and O–H groups in total. The molecule has 0 bridgehead atoms. The molecule has 0 spiro atoms. The second-order valence-corrected chi connectivity index (χ2v) is 8.84. The van der Waals surface area contributed by atoms with E-state index in [9.17, 15) is 18.8 Å². The Kier molecular flexibility index (Phi) is 7.59. The van der Waals surface area contributed by atoms with E-state index in [1.54, 1.807) is 44.2 Å². The highest BCUT2D eigenvalue weighted by atomic mass is 35.5. The Morgan fingerprint density at radius 2 is 1.81 bits per heavy atom. The summed E-state index contributed by atoms with van der Waals surface area (Å²) in [4.78, 5) is 39.5. The number of nitrogens with one attached hydrogen (secondary N) is 1. The standard InChI is InChI=1S/C28H24ClFN2O5/c1-4-36-24-14-19(13-22(29)25(24)37-15-18-6-5-7-20(30)11-18)12-21-26(33)31-28(35)32(27(21)34)23-10-16(2)8-9-17(23)3/h5-14H,4,15H2,1-3H3,(H,31,33,35)/b21-12+. The predicted octanol–water partition coefficient (Wildman–Crippen LogP) is 5.74. The molecule has 0 radical (unpaired) electrons. The van der Waals surface area contributed by atoms with Crippen molar-refractivity contribution in [2.45, 2.75) is 27.4 Å². The van der Waals surface area contributed by atoms with Crippen LogP contribution >= 0.6 is 11.6 Å². The summed E-state index contributed by atoms with van der Waals surface area (Å²) in [6.07, 6.45) is 1.34. The number of urea groups is 1. The Hall–Kier alpha value is -4.17. The summed E-state index contributed by atoms with van der Waals surface area (Å²) in [6.45, 7) is 5.73. The fourth-order valence-electron chi connectivity index (χ4n) is 3.86. The van der Waals surface area contributed by atoms with Gasteiger partial charge in [-0.1, -0.05) is 35.9 Å². The largest absolute Gasteiger partial charge is 0.490 e. The summed E-state index contributed by atoms with van der Waals surface area (Å²) in [5.74, 6) is -1.45. The summed E-state index contributed by atoms with van der Waals surface area (Å²) in [7, 11) is 0. The molecule has 1 heterocycles.